The number of likely N-dealkylation sites (tertiary alicyclic amines) is 2. The summed E-state index contributed by atoms with van der Waals surface area (Å²) in [6.07, 6.45) is 7.61. The molecule has 0 bridgehead atoms. The molecule has 4 rings (SSSR count). The third-order valence-corrected chi connectivity index (χ3v) is 5.47. The van der Waals surface area contributed by atoms with Crippen molar-refractivity contribution in [1.82, 2.24) is 39.3 Å². The molecular weight excluding hydrogens is 332 g/mol. The van der Waals surface area contributed by atoms with Gasteiger partial charge in [0.2, 0.25) is 5.91 Å². The topological polar surface area (TPSA) is 85.0 Å². The molecule has 140 valence electrons. The molecule has 2 aromatic heterocycles. The summed E-state index contributed by atoms with van der Waals surface area (Å²) >= 11 is 0. The Kier molecular flexibility index (Phi) is 4.96. The summed E-state index contributed by atoms with van der Waals surface area (Å²) in [7, 11) is 2.05. The minimum atomic E-state index is 0.0830. The maximum atomic E-state index is 12.6. The highest BCUT2D eigenvalue weighted by atomic mass is 16.2. The maximum absolute atomic E-state index is 12.6. The Morgan fingerprint density at radius 1 is 1.19 bits per heavy atom. The number of rotatable bonds is 5. The van der Waals surface area contributed by atoms with Gasteiger partial charge in [0.1, 0.15) is 30.8 Å². The van der Waals surface area contributed by atoms with Crippen LogP contribution in [0.2, 0.25) is 0 Å². The maximum Gasteiger partial charge on any atom is 0.244 e. The van der Waals surface area contributed by atoms with Crippen LogP contribution in [0.1, 0.15) is 43.3 Å². The fourth-order valence-corrected chi connectivity index (χ4v) is 3.98. The normalized spacial score (nSPS) is 21.4. The first-order chi connectivity index (χ1) is 12.7. The fraction of sp³-hybridized carbons (Fsp3) is 0.706. The summed E-state index contributed by atoms with van der Waals surface area (Å²) in [5.74, 6) is 2.35. The molecule has 2 fully saturated rings. The molecule has 2 saturated heterocycles. The minimum absolute atomic E-state index is 0.0830. The first-order valence-corrected chi connectivity index (χ1v) is 9.41. The Morgan fingerprint density at radius 2 is 2.04 bits per heavy atom. The van der Waals surface area contributed by atoms with Crippen LogP contribution in [0.25, 0.3) is 0 Å². The second kappa shape index (κ2) is 7.53. The number of amides is 1. The van der Waals surface area contributed by atoms with Crippen LogP contribution >= 0.6 is 0 Å². The second-order valence-electron chi connectivity index (χ2n) is 7.29. The van der Waals surface area contributed by atoms with E-state index in [-0.39, 0.29) is 18.4 Å². The van der Waals surface area contributed by atoms with Gasteiger partial charge < -0.3 is 9.47 Å². The number of carbonyl (C=O) groups is 1. The number of piperidine rings is 1. The average molecular weight is 358 g/mol. The highest BCUT2D eigenvalue weighted by Gasteiger charge is 2.29. The Hall–Kier alpha value is -2.29. The van der Waals surface area contributed by atoms with Crippen LogP contribution in [0.4, 0.5) is 0 Å². The van der Waals surface area contributed by atoms with Crippen LogP contribution in [0, 0.1) is 0 Å². The van der Waals surface area contributed by atoms with Crippen molar-refractivity contribution in [2.75, 3.05) is 26.2 Å². The lowest BCUT2D eigenvalue weighted by molar-refractivity contribution is -0.133. The zero-order chi connectivity index (χ0) is 17.9. The standard InChI is InChI=1S/C17H26N8O/c1-22-15(10-23-6-2-3-7-23)20-21-17(22)14-5-4-8-24(9-14)16(26)11-25-13-18-12-19-25/h12-14H,2-11H2,1H3/t14-/m0/s1. The van der Waals surface area contributed by atoms with Gasteiger partial charge in [-0.05, 0) is 38.8 Å². The van der Waals surface area contributed by atoms with E-state index in [9.17, 15) is 4.79 Å². The molecule has 1 amide bonds. The largest absolute Gasteiger partial charge is 0.340 e. The van der Waals surface area contributed by atoms with Crippen LogP contribution in [0.3, 0.4) is 0 Å². The summed E-state index contributed by atoms with van der Waals surface area (Å²) in [5.41, 5.74) is 0. The van der Waals surface area contributed by atoms with Gasteiger partial charge in [0.15, 0.2) is 0 Å². The zero-order valence-electron chi connectivity index (χ0n) is 15.3. The highest BCUT2D eigenvalue weighted by molar-refractivity contribution is 5.76. The molecule has 0 saturated carbocycles. The molecule has 26 heavy (non-hydrogen) atoms. The summed E-state index contributed by atoms with van der Waals surface area (Å²) in [6.45, 7) is 4.90. The van der Waals surface area contributed by atoms with Crippen molar-refractivity contribution in [3.63, 3.8) is 0 Å². The smallest absolute Gasteiger partial charge is 0.244 e. The van der Waals surface area contributed by atoms with Gasteiger partial charge in [0.05, 0.1) is 6.54 Å². The highest BCUT2D eigenvalue weighted by Crippen LogP contribution is 2.26. The van der Waals surface area contributed by atoms with Gasteiger partial charge in [-0.25, -0.2) is 9.67 Å². The van der Waals surface area contributed by atoms with E-state index in [0.29, 0.717) is 6.54 Å². The number of hydrogen-bond donors (Lipinski definition) is 0. The van der Waals surface area contributed by atoms with Crippen molar-refractivity contribution in [2.45, 2.75) is 44.7 Å². The predicted molar refractivity (Wildman–Crippen MR) is 94.1 cm³/mol. The lowest BCUT2D eigenvalue weighted by Crippen LogP contribution is -2.41. The van der Waals surface area contributed by atoms with Gasteiger partial charge in [-0.2, -0.15) is 5.10 Å². The van der Waals surface area contributed by atoms with Gasteiger partial charge in [-0.15, -0.1) is 10.2 Å². The molecule has 0 unspecified atom stereocenters. The minimum Gasteiger partial charge on any atom is -0.340 e. The van der Waals surface area contributed by atoms with E-state index in [1.807, 2.05) is 4.90 Å². The van der Waals surface area contributed by atoms with Crippen molar-refractivity contribution >= 4 is 5.91 Å². The average Bonchev–Trinajstić information content (AvgIpc) is 3.40. The van der Waals surface area contributed by atoms with Crippen molar-refractivity contribution in [2.24, 2.45) is 7.05 Å². The van der Waals surface area contributed by atoms with Crippen molar-refractivity contribution in [3.8, 4) is 0 Å². The van der Waals surface area contributed by atoms with Crippen LogP contribution < -0.4 is 0 Å². The number of hydrogen-bond acceptors (Lipinski definition) is 6. The molecule has 0 spiro atoms. The van der Waals surface area contributed by atoms with E-state index >= 15 is 0 Å². The van der Waals surface area contributed by atoms with Gasteiger partial charge in [0, 0.05) is 26.1 Å². The van der Waals surface area contributed by atoms with Crippen LogP contribution in [0.15, 0.2) is 12.7 Å². The molecule has 0 N–H and O–H groups in total. The molecule has 0 radical (unpaired) electrons. The quantitative estimate of drug-likeness (QED) is 0.770. The Bertz CT molecular complexity index is 734. The van der Waals surface area contributed by atoms with E-state index in [1.54, 1.807) is 11.0 Å². The second-order valence-corrected chi connectivity index (χ2v) is 7.29. The first kappa shape index (κ1) is 17.1. The van der Waals surface area contributed by atoms with Gasteiger partial charge in [-0.3, -0.25) is 9.69 Å². The van der Waals surface area contributed by atoms with E-state index in [1.165, 1.54) is 19.2 Å². The van der Waals surface area contributed by atoms with E-state index in [4.69, 9.17) is 0 Å². The molecule has 0 aliphatic carbocycles. The van der Waals surface area contributed by atoms with Crippen LogP contribution in [-0.2, 0) is 24.9 Å². The zero-order valence-corrected chi connectivity index (χ0v) is 15.3. The van der Waals surface area contributed by atoms with Crippen molar-refractivity contribution < 1.29 is 4.79 Å². The summed E-state index contributed by atoms with van der Waals surface area (Å²) in [5, 5.41) is 12.9. The predicted octanol–water partition coefficient (Wildman–Crippen LogP) is 0.409. The Labute approximate surface area is 153 Å². The van der Waals surface area contributed by atoms with Gasteiger partial charge in [0.25, 0.3) is 0 Å². The van der Waals surface area contributed by atoms with Crippen molar-refractivity contribution in [1.29, 1.82) is 0 Å². The molecule has 2 aromatic rings. The Balaban J connectivity index is 1.41. The summed E-state index contributed by atoms with van der Waals surface area (Å²) in [6, 6.07) is 0. The number of aromatic nitrogens is 6. The lowest BCUT2D eigenvalue weighted by Gasteiger charge is -2.32. The van der Waals surface area contributed by atoms with E-state index in [2.05, 4.69) is 36.8 Å². The van der Waals surface area contributed by atoms with Gasteiger partial charge >= 0.3 is 0 Å². The van der Waals surface area contributed by atoms with Crippen LogP contribution in [-0.4, -0.2) is 71.4 Å². The molecule has 4 heterocycles. The molecule has 2 aliphatic rings. The van der Waals surface area contributed by atoms with E-state index in [0.717, 1.165) is 50.7 Å². The third kappa shape index (κ3) is 3.62. The molecular formula is C17H26N8O. The molecule has 0 aromatic carbocycles. The van der Waals surface area contributed by atoms with Gasteiger partial charge in [-0.1, -0.05) is 0 Å². The third-order valence-electron chi connectivity index (χ3n) is 5.47. The summed E-state index contributed by atoms with van der Waals surface area (Å²) in [4.78, 5) is 20.8. The monoisotopic (exact) mass is 358 g/mol. The fourth-order valence-electron chi connectivity index (χ4n) is 3.98. The molecule has 2 aliphatic heterocycles. The SMILES string of the molecule is Cn1c(CN2CCCC2)nnc1[C@H]1CCCN(C(=O)Cn2cncn2)C1. The molecule has 9 nitrogen and oxygen atoms in total. The first-order valence-electron chi connectivity index (χ1n) is 9.41. The van der Waals surface area contributed by atoms with Crippen LogP contribution in [0.5, 0.6) is 0 Å². The number of carbonyl (C=O) groups excluding carboxylic acids is 1. The van der Waals surface area contributed by atoms with Crippen molar-refractivity contribution in [3.05, 3.63) is 24.3 Å². The molecule has 9 heteroatoms. The van der Waals surface area contributed by atoms with E-state index < -0.39 is 0 Å². The summed E-state index contributed by atoms with van der Waals surface area (Å²) < 4.78 is 3.71. The Morgan fingerprint density at radius 3 is 2.81 bits per heavy atom. The lowest BCUT2D eigenvalue weighted by atomic mass is 9.97. The molecule has 1 atom stereocenters. The number of nitrogens with zero attached hydrogens (tertiary/aromatic N) is 8.